The van der Waals surface area contributed by atoms with E-state index in [1.807, 2.05) is 17.8 Å². The predicted octanol–water partition coefficient (Wildman–Crippen LogP) is 2.71. The van der Waals surface area contributed by atoms with E-state index in [9.17, 15) is 0 Å². The van der Waals surface area contributed by atoms with E-state index in [-0.39, 0.29) is 0 Å². The van der Waals surface area contributed by atoms with Crippen molar-refractivity contribution in [3.63, 3.8) is 0 Å². The van der Waals surface area contributed by atoms with Gasteiger partial charge in [-0.3, -0.25) is 0 Å². The molecule has 16 heavy (non-hydrogen) atoms. The molecule has 2 rings (SSSR count). The molecular formula is C13H19NOS. The average molecular weight is 237 g/mol. The van der Waals surface area contributed by atoms with Gasteiger partial charge in [0.2, 0.25) is 0 Å². The Labute approximate surface area is 102 Å². The second kappa shape index (κ2) is 5.60. The van der Waals surface area contributed by atoms with Gasteiger partial charge in [-0.2, -0.15) is 11.8 Å². The van der Waals surface area contributed by atoms with E-state index in [4.69, 9.17) is 4.74 Å². The molecule has 2 atom stereocenters. The van der Waals surface area contributed by atoms with E-state index >= 15 is 0 Å². The van der Waals surface area contributed by atoms with Crippen molar-refractivity contribution in [2.45, 2.75) is 13.0 Å². The number of benzene rings is 1. The highest BCUT2D eigenvalue weighted by atomic mass is 32.2. The standard InChI is InChI=1S/C13H19NOS/c1-10-7-14-13(9-16-8-10)11-4-3-5-12(6-11)15-2/h3-6,10,13-14H,7-9H2,1-2H3. The lowest BCUT2D eigenvalue weighted by atomic mass is 10.1. The third kappa shape index (κ3) is 2.92. The van der Waals surface area contributed by atoms with Crippen LogP contribution in [0.1, 0.15) is 18.5 Å². The number of ether oxygens (including phenoxy) is 1. The Morgan fingerprint density at radius 2 is 2.25 bits per heavy atom. The van der Waals surface area contributed by atoms with Crippen molar-refractivity contribution in [2.24, 2.45) is 5.92 Å². The fraction of sp³-hybridized carbons (Fsp3) is 0.538. The molecule has 1 fully saturated rings. The SMILES string of the molecule is COc1cccc(C2CSCC(C)CN2)c1. The van der Waals surface area contributed by atoms with Crippen molar-refractivity contribution in [1.29, 1.82) is 0 Å². The summed E-state index contributed by atoms with van der Waals surface area (Å²) in [7, 11) is 1.72. The Morgan fingerprint density at radius 3 is 3.06 bits per heavy atom. The largest absolute Gasteiger partial charge is 0.497 e. The first-order chi connectivity index (χ1) is 7.79. The Kier molecular flexibility index (Phi) is 4.13. The smallest absolute Gasteiger partial charge is 0.119 e. The summed E-state index contributed by atoms with van der Waals surface area (Å²) in [5, 5.41) is 3.62. The van der Waals surface area contributed by atoms with E-state index in [2.05, 4.69) is 30.4 Å². The van der Waals surface area contributed by atoms with Gasteiger partial charge in [0, 0.05) is 11.8 Å². The molecule has 0 aromatic heterocycles. The first-order valence-corrected chi connectivity index (χ1v) is 6.90. The molecule has 0 bridgehead atoms. The Hall–Kier alpha value is -0.670. The molecule has 2 nitrogen and oxygen atoms in total. The quantitative estimate of drug-likeness (QED) is 0.854. The molecule has 88 valence electrons. The van der Waals surface area contributed by atoms with Gasteiger partial charge in [0.1, 0.15) is 5.75 Å². The van der Waals surface area contributed by atoms with E-state index < -0.39 is 0 Å². The van der Waals surface area contributed by atoms with Crippen LogP contribution in [-0.2, 0) is 0 Å². The molecule has 1 aliphatic heterocycles. The minimum Gasteiger partial charge on any atom is -0.497 e. The molecule has 3 heteroatoms. The third-order valence-electron chi connectivity index (χ3n) is 2.90. The summed E-state index contributed by atoms with van der Waals surface area (Å²) in [6.07, 6.45) is 0. The molecule has 0 radical (unpaired) electrons. The van der Waals surface area contributed by atoms with Crippen molar-refractivity contribution in [3.8, 4) is 5.75 Å². The predicted molar refractivity (Wildman–Crippen MR) is 70.2 cm³/mol. The first-order valence-electron chi connectivity index (χ1n) is 5.74. The highest BCUT2D eigenvalue weighted by Crippen LogP contribution is 2.25. The van der Waals surface area contributed by atoms with Crippen LogP contribution in [-0.4, -0.2) is 25.2 Å². The van der Waals surface area contributed by atoms with E-state index in [0.717, 1.165) is 24.0 Å². The van der Waals surface area contributed by atoms with E-state index in [0.29, 0.717) is 6.04 Å². The second-order valence-electron chi connectivity index (χ2n) is 4.38. The van der Waals surface area contributed by atoms with E-state index in [1.165, 1.54) is 11.3 Å². The molecule has 1 aromatic rings. The van der Waals surface area contributed by atoms with Crippen molar-refractivity contribution in [3.05, 3.63) is 29.8 Å². The monoisotopic (exact) mass is 237 g/mol. The van der Waals surface area contributed by atoms with Gasteiger partial charge >= 0.3 is 0 Å². The van der Waals surface area contributed by atoms with Gasteiger partial charge in [0.25, 0.3) is 0 Å². The number of rotatable bonds is 2. The summed E-state index contributed by atoms with van der Waals surface area (Å²) in [6, 6.07) is 8.83. The molecule has 1 N–H and O–H groups in total. The Bertz CT molecular complexity index is 342. The van der Waals surface area contributed by atoms with Gasteiger partial charge in [-0.05, 0) is 35.9 Å². The molecule has 2 unspecified atom stereocenters. The zero-order chi connectivity index (χ0) is 11.4. The van der Waals surface area contributed by atoms with Gasteiger partial charge in [-0.15, -0.1) is 0 Å². The van der Waals surface area contributed by atoms with Crippen LogP contribution in [0.3, 0.4) is 0 Å². The fourth-order valence-electron chi connectivity index (χ4n) is 1.92. The Morgan fingerprint density at radius 1 is 1.38 bits per heavy atom. The zero-order valence-corrected chi connectivity index (χ0v) is 10.7. The minimum absolute atomic E-state index is 0.463. The zero-order valence-electron chi connectivity index (χ0n) is 9.90. The average Bonchev–Trinajstić information content (AvgIpc) is 2.54. The number of methoxy groups -OCH3 is 1. The van der Waals surface area contributed by atoms with Crippen LogP contribution in [0.2, 0.25) is 0 Å². The lowest BCUT2D eigenvalue weighted by molar-refractivity contribution is 0.413. The molecule has 0 aliphatic carbocycles. The minimum atomic E-state index is 0.463. The normalized spacial score (nSPS) is 26.1. The van der Waals surface area contributed by atoms with Crippen molar-refractivity contribution < 1.29 is 4.74 Å². The maximum atomic E-state index is 5.26. The highest BCUT2D eigenvalue weighted by Gasteiger charge is 2.17. The first kappa shape index (κ1) is 11.8. The lowest BCUT2D eigenvalue weighted by Gasteiger charge is -2.16. The Balaban J connectivity index is 2.10. The van der Waals surface area contributed by atoms with Crippen LogP contribution in [0.25, 0.3) is 0 Å². The van der Waals surface area contributed by atoms with Crippen LogP contribution in [0.4, 0.5) is 0 Å². The number of hydrogen-bond acceptors (Lipinski definition) is 3. The summed E-state index contributed by atoms with van der Waals surface area (Å²) < 4.78 is 5.26. The number of nitrogens with one attached hydrogen (secondary N) is 1. The van der Waals surface area contributed by atoms with Crippen LogP contribution >= 0.6 is 11.8 Å². The van der Waals surface area contributed by atoms with Crippen molar-refractivity contribution in [2.75, 3.05) is 25.2 Å². The van der Waals surface area contributed by atoms with Crippen molar-refractivity contribution >= 4 is 11.8 Å². The molecule has 1 saturated heterocycles. The maximum Gasteiger partial charge on any atom is 0.119 e. The van der Waals surface area contributed by atoms with Gasteiger partial charge < -0.3 is 10.1 Å². The summed E-state index contributed by atoms with van der Waals surface area (Å²) in [5.41, 5.74) is 1.33. The number of hydrogen-bond donors (Lipinski definition) is 1. The summed E-state index contributed by atoms with van der Waals surface area (Å²) >= 11 is 2.04. The van der Waals surface area contributed by atoms with Crippen LogP contribution in [0.5, 0.6) is 5.75 Å². The number of thioether (sulfide) groups is 1. The van der Waals surface area contributed by atoms with Crippen LogP contribution in [0.15, 0.2) is 24.3 Å². The van der Waals surface area contributed by atoms with Crippen molar-refractivity contribution in [1.82, 2.24) is 5.32 Å². The van der Waals surface area contributed by atoms with Crippen LogP contribution < -0.4 is 10.1 Å². The van der Waals surface area contributed by atoms with Gasteiger partial charge in [-0.1, -0.05) is 19.1 Å². The summed E-state index contributed by atoms with van der Waals surface area (Å²) in [4.78, 5) is 0. The topological polar surface area (TPSA) is 21.3 Å². The molecule has 0 amide bonds. The second-order valence-corrected chi connectivity index (χ2v) is 5.45. The van der Waals surface area contributed by atoms with Crippen LogP contribution in [0, 0.1) is 5.92 Å². The summed E-state index contributed by atoms with van der Waals surface area (Å²) in [5.74, 6) is 4.12. The molecular weight excluding hydrogens is 218 g/mol. The summed E-state index contributed by atoms with van der Waals surface area (Å²) in [6.45, 7) is 3.41. The van der Waals surface area contributed by atoms with Gasteiger partial charge in [-0.25, -0.2) is 0 Å². The fourth-order valence-corrected chi connectivity index (χ4v) is 3.12. The maximum absolute atomic E-state index is 5.26. The van der Waals surface area contributed by atoms with E-state index in [1.54, 1.807) is 7.11 Å². The van der Waals surface area contributed by atoms with Gasteiger partial charge in [0.05, 0.1) is 7.11 Å². The molecule has 1 aromatic carbocycles. The lowest BCUT2D eigenvalue weighted by Crippen LogP contribution is -2.25. The molecule has 0 saturated carbocycles. The van der Waals surface area contributed by atoms with Gasteiger partial charge in [0.15, 0.2) is 0 Å². The molecule has 1 heterocycles. The third-order valence-corrected chi connectivity index (χ3v) is 4.27. The highest BCUT2D eigenvalue weighted by molar-refractivity contribution is 7.99. The molecule has 1 aliphatic rings. The molecule has 0 spiro atoms.